The summed E-state index contributed by atoms with van der Waals surface area (Å²) in [5.41, 5.74) is 5.28. The second-order valence-electron chi connectivity index (χ2n) is 3.55. The Morgan fingerprint density at radius 1 is 1.42 bits per heavy atom. The number of ether oxygens (including phenoxy) is 2. The lowest BCUT2D eigenvalue weighted by Gasteiger charge is -2.27. The predicted molar refractivity (Wildman–Crippen MR) is 50.2 cm³/mol. The highest BCUT2D eigenvalue weighted by Gasteiger charge is 2.19. The van der Waals surface area contributed by atoms with Gasteiger partial charge in [0.25, 0.3) is 0 Å². The van der Waals surface area contributed by atoms with Crippen molar-refractivity contribution in [1.29, 1.82) is 0 Å². The molecule has 0 amide bonds. The Morgan fingerprint density at radius 2 is 2.00 bits per heavy atom. The highest BCUT2D eigenvalue weighted by Crippen LogP contribution is 2.10. The topological polar surface area (TPSA) is 44.5 Å². The molecular weight excluding hydrogens is 154 g/mol. The Hall–Kier alpha value is -0.120. The summed E-state index contributed by atoms with van der Waals surface area (Å²) in [5, 5.41) is 0. The molecular formula is C9H21NO2. The maximum atomic E-state index is 5.64. The highest BCUT2D eigenvalue weighted by molar-refractivity contribution is 4.70. The van der Waals surface area contributed by atoms with Crippen molar-refractivity contribution in [3.63, 3.8) is 0 Å². The Morgan fingerprint density at radius 3 is 2.42 bits per heavy atom. The zero-order valence-electron chi connectivity index (χ0n) is 8.59. The van der Waals surface area contributed by atoms with Crippen LogP contribution in [0.15, 0.2) is 0 Å². The van der Waals surface area contributed by atoms with Gasteiger partial charge < -0.3 is 15.2 Å². The first-order chi connectivity index (χ1) is 5.52. The zero-order chi connectivity index (χ0) is 9.61. The van der Waals surface area contributed by atoms with Crippen molar-refractivity contribution in [3.05, 3.63) is 0 Å². The third kappa shape index (κ3) is 5.52. The molecule has 1 unspecified atom stereocenters. The van der Waals surface area contributed by atoms with Crippen LogP contribution >= 0.6 is 0 Å². The van der Waals surface area contributed by atoms with Crippen molar-refractivity contribution < 1.29 is 9.47 Å². The lowest BCUT2D eigenvalue weighted by Crippen LogP contribution is -2.38. The molecule has 0 aromatic heterocycles. The Kier molecular flexibility index (Phi) is 5.46. The third-order valence-corrected chi connectivity index (χ3v) is 1.57. The number of nitrogens with two attached hydrogens (primary N) is 1. The molecule has 0 rings (SSSR count). The van der Waals surface area contributed by atoms with Gasteiger partial charge in [0.15, 0.2) is 0 Å². The Labute approximate surface area is 75.2 Å². The van der Waals surface area contributed by atoms with Gasteiger partial charge in [0, 0.05) is 13.2 Å². The summed E-state index contributed by atoms with van der Waals surface area (Å²) in [5.74, 6) is 0. The minimum absolute atomic E-state index is 0.114. The average Bonchev–Trinajstić information content (AvgIpc) is 2.00. The molecule has 0 aromatic rings. The van der Waals surface area contributed by atoms with Gasteiger partial charge in [-0.1, -0.05) is 0 Å². The Balaban J connectivity index is 3.60. The molecule has 0 radical (unpaired) electrons. The fourth-order valence-corrected chi connectivity index (χ4v) is 0.911. The first-order valence-electron chi connectivity index (χ1n) is 4.47. The van der Waals surface area contributed by atoms with Gasteiger partial charge >= 0.3 is 0 Å². The maximum absolute atomic E-state index is 5.64. The van der Waals surface area contributed by atoms with Crippen LogP contribution in [0.3, 0.4) is 0 Å². The summed E-state index contributed by atoms with van der Waals surface area (Å²) in [6.07, 6.45) is 0.114. The van der Waals surface area contributed by atoms with Crippen molar-refractivity contribution >= 4 is 0 Å². The monoisotopic (exact) mass is 175 g/mol. The fourth-order valence-electron chi connectivity index (χ4n) is 0.911. The van der Waals surface area contributed by atoms with Gasteiger partial charge in [-0.3, -0.25) is 0 Å². The summed E-state index contributed by atoms with van der Waals surface area (Å²) in [4.78, 5) is 0. The lowest BCUT2D eigenvalue weighted by molar-refractivity contribution is -0.0871. The molecule has 3 nitrogen and oxygen atoms in total. The standard InChI is InChI=1S/C9H21NO2/c1-5-11-6-8(2)12-9(3,4)7-10/h8H,5-7,10H2,1-4H3. The van der Waals surface area contributed by atoms with Gasteiger partial charge in [-0.15, -0.1) is 0 Å². The molecule has 2 N–H and O–H groups in total. The quantitative estimate of drug-likeness (QED) is 0.659. The molecule has 0 spiro atoms. The van der Waals surface area contributed by atoms with E-state index in [9.17, 15) is 0 Å². The summed E-state index contributed by atoms with van der Waals surface area (Å²) < 4.78 is 10.9. The van der Waals surface area contributed by atoms with E-state index < -0.39 is 0 Å². The first kappa shape index (κ1) is 11.9. The molecule has 0 saturated carbocycles. The van der Waals surface area contributed by atoms with E-state index in [0.29, 0.717) is 13.2 Å². The number of hydrogen-bond acceptors (Lipinski definition) is 3. The molecule has 0 aliphatic rings. The van der Waals surface area contributed by atoms with Gasteiger partial charge in [-0.05, 0) is 27.7 Å². The SMILES string of the molecule is CCOCC(C)OC(C)(C)CN. The van der Waals surface area contributed by atoms with Crippen LogP contribution < -0.4 is 5.73 Å². The molecule has 3 heteroatoms. The summed E-state index contributed by atoms with van der Waals surface area (Å²) in [6.45, 7) is 9.83. The second kappa shape index (κ2) is 5.51. The molecule has 0 aliphatic carbocycles. The molecule has 0 saturated heterocycles. The van der Waals surface area contributed by atoms with Gasteiger partial charge in [-0.2, -0.15) is 0 Å². The molecule has 1 atom stereocenters. The minimum Gasteiger partial charge on any atom is -0.379 e. The van der Waals surface area contributed by atoms with Crippen LogP contribution in [0.5, 0.6) is 0 Å². The smallest absolute Gasteiger partial charge is 0.0788 e. The van der Waals surface area contributed by atoms with Gasteiger partial charge in [-0.25, -0.2) is 0 Å². The third-order valence-electron chi connectivity index (χ3n) is 1.57. The van der Waals surface area contributed by atoms with Crippen molar-refractivity contribution in [1.82, 2.24) is 0 Å². The van der Waals surface area contributed by atoms with E-state index in [4.69, 9.17) is 15.2 Å². The largest absolute Gasteiger partial charge is 0.379 e. The van der Waals surface area contributed by atoms with E-state index in [1.54, 1.807) is 0 Å². The van der Waals surface area contributed by atoms with Gasteiger partial charge in [0.2, 0.25) is 0 Å². The number of hydrogen-bond donors (Lipinski definition) is 1. The van der Waals surface area contributed by atoms with Crippen LogP contribution in [0.2, 0.25) is 0 Å². The molecule has 0 heterocycles. The van der Waals surface area contributed by atoms with E-state index in [-0.39, 0.29) is 11.7 Å². The molecule has 74 valence electrons. The minimum atomic E-state index is -0.240. The van der Waals surface area contributed by atoms with Crippen molar-refractivity contribution in [3.8, 4) is 0 Å². The van der Waals surface area contributed by atoms with Crippen molar-refractivity contribution in [2.24, 2.45) is 5.73 Å². The molecule has 0 aliphatic heterocycles. The fraction of sp³-hybridized carbons (Fsp3) is 1.00. The normalized spacial score (nSPS) is 14.8. The van der Waals surface area contributed by atoms with Gasteiger partial charge in [0.05, 0.1) is 18.3 Å². The van der Waals surface area contributed by atoms with E-state index in [2.05, 4.69) is 0 Å². The summed E-state index contributed by atoms with van der Waals surface area (Å²) in [6, 6.07) is 0. The summed E-state index contributed by atoms with van der Waals surface area (Å²) in [7, 11) is 0. The van der Waals surface area contributed by atoms with Crippen LogP contribution in [0.1, 0.15) is 27.7 Å². The highest BCUT2D eigenvalue weighted by atomic mass is 16.5. The molecule has 0 aromatic carbocycles. The van der Waals surface area contributed by atoms with Crippen LogP contribution in [-0.4, -0.2) is 31.5 Å². The van der Waals surface area contributed by atoms with E-state index in [1.807, 2.05) is 27.7 Å². The van der Waals surface area contributed by atoms with Crippen molar-refractivity contribution in [2.75, 3.05) is 19.8 Å². The Bertz CT molecular complexity index is 115. The molecule has 12 heavy (non-hydrogen) atoms. The zero-order valence-corrected chi connectivity index (χ0v) is 8.59. The van der Waals surface area contributed by atoms with Crippen LogP contribution in [0.25, 0.3) is 0 Å². The first-order valence-corrected chi connectivity index (χ1v) is 4.47. The average molecular weight is 175 g/mol. The van der Waals surface area contributed by atoms with E-state index in [1.165, 1.54) is 0 Å². The maximum Gasteiger partial charge on any atom is 0.0788 e. The van der Waals surface area contributed by atoms with E-state index >= 15 is 0 Å². The van der Waals surface area contributed by atoms with Gasteiger partial charge in [0.1, 0.15) is 0 Å². The second-order valence-corrected chi connectivity index (χ2v) is 3.55. The molecule has 0 fully saturated rings. The number of rotatable bonds is 6. The summed E-state index contributed by atoms with van der Waals surface area (Å²) >= 11 is 0. The molecule has 0 bridgehead atoms. The van der Waals surface area contributed by atoms with Crippen LogP contribution in [0.4, 0.5) is 0 Å². The van der Waals surface area contributed by atoms with Crippen LogP contribution in [0, 0.1) is 0 Å². The van der Waals surface area contributed by atoms with Crippen LogP contribution in [-0.2, 0) is 9.47 Å². The lowest BCUT2D eigenvalue weighted by atomic mass is 10.1. The predicted octanol–water partition coefficient (Wildman–Crippen LogP) is 1.17. The van der Waals surface area contributed by atoms with E-state index in [0.717, 1.165) is 6.61 Å². The van der Waals surface area contributed by atoms with Crippen molar-refractivity contribution in [2.45, 2.75) is 39.4 Å².